The summed E-state index contributed by atoms with van der Waals surface area (Å²) in [5.41, 5.74) is 1.19. The van der Waals surface area contributed by atoms with Crippen LogP contribution in [-0.2, 0) is 9.84 Å². The molecule has 1 aliphatic rings. The minimum atomic E-state index is -3.46. The molecule has 0 aliphatic carbocycles. The van der Waals surface area contributed by atoms with E-state index < -0.39 is 9.84 Å². The number of thiazole rings is 1. The van der Waals surface area contributed by atoms with Crippen LogP contribution in [0.3, 0.4) is 0 Å². The Morgan fingerprint density at radius 3 is 2.67 bits per heavy atom. The first-order chi connectivity index (χ1) is 14.4. The number of hydrogen-bond acceptors (Lipinski definition) is 5. The van der Waals surface area contributed by atoms with Crippen LogP contribution in [0.4, 0.5) is 0 Å². The molecule has 0 atom stereocenters. The van der Waals surface area contributed by atoms with Crippen molar-refractivity contribution in [2.75, 3.05) is 18.8 Å². The van der Waals surface area contributed by atoms with Crippen LogP contribution in [0.2, 0.25) is 5.02 Å². The predicted molar refractivity (Wildman–Crippen MR) is 121 cm³/mol. The number of amides is 1. The van der Waals surface area contributed by atoms with E-state index in [1.807, 2.05) is 25.1 Å². The molecule has 5 nitrogen and oxygen atoms in total. The van der Waals surface area contributed by atoms with Crippen LogP contribution >= 0.6 is 22.9 Å². The Balaban J connectivity index is 1.50. The Morgan fingerprint density at radius 2 is 1.93 bits per heavy atom. The molecule has 8 heteroatoms. The highest BCUT2D eigenvalue weighted by Gasteiger charge is 2.29. The molecular formula is C22H23ClN2O3S2. The number of sulfone groups is 1. The van der Waals surface area contributed by atoms with Crippen molar-refractivity contribution in [1.82, 2.24) is 9.88 Å². The summed E-state index contributed by atoms with van der Waals surface area (Å²) in [6.45, 7) is 2.99. The molecule has 1 amide bonds. The molecule has 0 N–H and O–H groups in total. The number of fused-ring (bicyclic) bond motifs is 1. The highest BCUT2D eigenvalue weighted by atomic mass is 35.5. The van der Waals surface area contributed by atoms with E-state index in [2.05, 4.69) is 0 Å². The first-order valence-electron chi connectivity index (χ1n) is 10.1. The minimum absolute atomic E-state index is 0.0426. The van der Waals surface area contributed by atoms with E-state index in [0.29, 0.717) is 30.5 Å². The lowest BCUT2D eigenvalue weighted by Gasteiger charge is -2.31. The highest BCUT2D eigenvalue weighted by molar-refractivity contribution is 7.91. The second kappa shape index (κ2) is 8.65. The Labute approximate surface area is 185 Å². The fourth-order valence-electron chi connectivity index (χ4n) is 3.89. The van der Waals surface area contributed by atoms with Crippen LogP contribution in [0.25, 0.3) is 10.2 Å². The molecule has 1 fully saturated rings. The van der Waals surface area contributed by atoms with E-state index in [1.54, 1.807) is 34.4 Å². The van der Waals surface area contributed by atoms with Gasteiger partial charge in [-0.15, -0.1) is 11.3 Å². The first-order valence-corrected chi connectivity index (χ1v) is 12.9. The van der Waals surface area contributed by atoms with E-state index in [1.165, 1.54) is 6.07 Å². The summed E-state index contributed by atoms with van der Waals surface area (Å²) >= 11 is 7.75. The highest BCUT2D eigenvalue weighted by Crippen LogP contribution is 2.35. The quantitative estimate of drug-likeness (QED) is 0.525. The molecule has 0 radical (unpaired) electrons. The minimum Gasteiger partial charge on any atom is -0.339 e. The van der Waals surface area contributed by atoms with Crippen molar-refractivity contribution in [2.24, 2.45) is 0 Å². The zero-order valence-electron chi connectivity index (χ0n) is 16.7. The summed E-state index contributed by atoms with van der Waals surface area (Å²) < 4.78 is 26.3. The van der Waals surface area contributed by atoms with Gasteiger partial charge in [0.1, 0.15) is 0 Å². The number of nitrogens with zero attached hydrogens (tertiary/aromatic N) is 2. The third-order valence-corrected chi connectivity index (χ3v) is 8.83. The van der Waals surface area contributed by atoms with Gasteiger partial charge in [-0.2, -0.15) is 0 Å². The maximum absolute atomic E-state index is 13.1. The van der Waals surface area contributed by atoms with E-state index in [9.17, 15) is 13.2 Å². The number of benzene rings is 2. The topological polar surface area (TPSA) is 67.3 Å². The molecule has 1 aromatic heterocycles. The average Bonchev–Trinajstić information content (AvgIpc) is 3.16. The number of piperidine rings is 1. The maximum Gasteiger partial charge on any atom is 0.255 e. The molecule has 158 valence electrons. The molecule has 1 saturated heterocycles. The van der Waals surface area contributed by atoms with Gasteiger partial charge in [0.15, 0.2) is 9.84 Å². The third-order valence-electron chi connectivity index (χ3n) is 5.42. The number of aromatic nitrogens is 1. The van der Waals surface area contributed by atoms with Crippen LogP contribution in [0.5, 0.6) is 0 Å². The molecule has 0 spiro atoms. The van der Waals surface area contributed by atoms with Gasteiger partial charge in [0.05, 0.1) is 31.4 Å². The largest absolute Gasteiger partial charge is 0.339 e. The summed E-state index contributed by atoms with van der Waals surface area (Å²) in [6.07, 6.45) is 2.13. The molecule has 1 aliphatic heterocycles. The normalized spacial score (nSPS) is 15.6. The number of carbonyl (C=O) groups excluding carboxylic acids is 1. The summed E-state index contributed by atoms with van der Waals surface area (Å²) in [4.78, 5) is 19.8. The van der Waals surface area contributed by atoms with Gasteiger partial charge in [0, 0.05) is 24.0 Å². The van der Waals surface area contributed by atoms with Crippen molar-refractivity contribution < 1.29 is 13.2 Å². The molecule has 0 unspecified atom stereocenters. The molecule has 4 rings (SSSR count). The summed E-state index contributed by atoms with van der Waals surface area (Å²) in [7, 11) is -3.46. The summed E-state index contributed by atoms with van der Waals surface area (Å²) in [6, 6.07) is 12.3. The SMILES string of the molecule is CCCS(=O)(=O)c1ccccc1C(=O)N1CCC(c2nc3cc(Cl)ccc3s2)CC1. The molecule has 2 heterocycles. The van der Waals surface area contributed by atoms with Crippen LogP contribution < -0.4 is 0 Å². The van der Waals surface area contributed by atoms with E-state index in [4.69, 9.17) is 16.6 Å². The van der Waals surface area contributed by atoms with Crippen molar-refractivity contribution >= 4 is 48.9 Å². The van der Waals surface area contributed by atoms with Gasteiger partial charge < -0.3 is 4.90 Å². The van der Waals surface area contributed by atoms with Gasteiger partial charge in [0.2, 0.25) is 0 Å². The number of carbonyl (C=O) groups is 1. The van der Waals surface area contributed by atoms with Gasteiger partial charge >= 0.3 is 0 Å². The lowest BCUT2D eigenvalue weighted by molar-refractivity contribution is 0.0709. The monoisotopic (exact) mass is 462 g/mol. The first kappa shape index (κ1) is 21.3. The summed E-state index contributed by atoms with van der Waals surface area (Å²) in [5, 5.41) is 1.75. The van der Waals surface area contributed by atoms with E-state index in [-0.39, 0.29) is 22.1 Å². The van der Waals surface area contributed by atoms with Crippen molar-refractivity contribution in [3.63, 3.8) is 0 Å². The second-order valence-electron chi connectivity index (χ2n) is 7.55. The zero-order chi connectivity index (χ0) is 21.3. The Hall–Kier alpha value is -1.96. The standard InChI is InChI=1S/C22H23ClN2O3S2/c1-2-13-30(27,28)20-6-4-3-5-17(20)22(26)25-11-9-15(10-12-25)21-24-18-14-16(23)7-8-19(18)29-21/h3-8,14-15H,2,9-13H2,1H3. The second-order valence-corrected chi connectivity index (χ2v) is 11.1. The molecular weight excluding hydrogens is 440 g/mol. The number of hydrogen-bond donors (Lipinski definition) is 0. The smallest absolute Gasteiger partial charge is 0.255 e. The molecule has 30 heavy (non-hydrogen) atoms. The lowest BCUT2D eigenvalue weighted by Crippen LogP contribution is -2.38. The molecule has 0 bridgehead atoms. The van der Waals surface area contributed by atoms with Crippen molar-refractivity contribution in [1.29, 1.82) is 0 Å². The van der Waals surface area contributed by atoms with Crippen LogP contribution in [-0.4, -0.2) is 43.1 Å². The van der Waals surface area contributed by atoms with Crippen molar-refractivity contribution in [2.45, 2.75) is 37.0 Å². The molecule has 3 aromatic rings. The number of halogens is 1. The van der Waals surface area contributed by atoms with Crippen molar-refractivity contribution in [3.05, 3.63) is 58.1 Å². The van der Waals surface area contributed by atoms with Crippen LogP contribution in [0, 0.1) is 0 Å². The third kappa shape index (κ3) is 4.24. The Kier molecular flexibility index (Phi) is 6.14. The van der Waals surface area contributed by atoms with Gasteiger partial charge in [-0.3, -0.25) is 4.79 Å². The predicted octanol–water partition coefficient (Wildman–Crippen LogP) is 5.15. The van der Waals surface area contributed by atoms with Crippen molar-refractivity contribution in [3.8, 4) is 0 Å². The average molecular weight is 463 g/mol. The zero-order valence-corrected chi connectivity index (χ0v) is 19.1. The van der Waals surface area contributed by atoms with Crippen LogP contribution in [0.15, 0.2) is 47.4 Å². The fraction of sp³-hybridized carbons (Fsp3) is 0.364. The number of rotatable bonds is 5. The van der Waals surface area contributed by atoms with Gasteiger partial charge in [-0.05, 0) is 49.6 Å². The molecule has 2 aromatic carbocycles. The van der Waals surface area contributed by atoms with Gasteiger partial charge in [0.25, 0.3) is 5.91 Å². The summed E-state index contributed by atoms with van der Waals surface area (Å²) in [5.74, 6) is 0.130. The van der Waals surface area contributed by atoms with Crippen LogP contribution in [0.1, 0.15) is 47.5 Å². The van der Waals surface area contributed by atoms with Gasteiger partial charge in [-0.1, -0.05) is 30.7 Å². The molecule has 0 saturated carbocycles. The van der Waals surface area contributed by atoms with Gasteiger partial charge in [-0.25, -0.2) is 13.4 Å². The fourth-order valence-corrected chi connectivity index (χ4v) is 6.70. The Bertz CT molecular complexity index is 1180. The lowest BCUT2D eigenvalue weighted by atomic mass is 9.97. The Morgan fingerprint density at radius 1 is 1.20 bits per heavy atom. The van der Waals surface area contributed by atoms with E-state index in [0.717, 1.165) is 28.1 Å². The van der Waals surface area contributed by atoms with E-state index >= 15 is 0 Å². The number of likely N-dealkylation sites (tertiary alicyclic amines) is 1. The maximum atomic E-state index is 13.1.